The molecule has 0 saturated heterocycles. The maximum absolute atomic E-state index is 12.4. The highest BCUT2D eigenvalue weighted by molar-refractivity contribution is 5.79. The summed E-state index contributed by atoms with van der Waals surface area (Å²) >= 11 is 0. The van der Waals surface area contributed by atoms with Crippen molar-refractivity contribution in [3.8, 4) is 5.75 Å². The lowest BCUT2D eigenvalue weighted by molar-refractivity contribution is -0.124. The fourth-order valence-electron chi connectivity index (χ4n) is 2.96. The van der Waals surface area contributed by atoms with Gasteiger partial charge in [-0.2, -0.15) is 0 Å². The molecule has 0 aliphatic heterocycles. The Bertz CT molecular complexity index is 694. The molecule has 0 aliphatic carbocycles. The number of aliphatic hydroxyl groups excluding tert-OH is 1. The summed E-state index contributed by atoms with van der Waals surface area (Å²) in [5, 5.41) is 10.0. The molecule has 152 valence electrons. The molecule has 4 nitrogen and oxygen atoms in total. The molecule has 0 spiro atoms. The summed E-state index contributed by atoms with van der Waals surface area (Å²) in [4.78, 5) is 12.4. The average Bonchev–Trinajstić information content (AvgIpc) is 2.71. The zero-order chi connectivity index (χ0) is 20.4. The van der Waals surface area contributed by atoms with Crippen LogP contribution in [0.4, 0.5) is 0 Å². The Morgan fingerprint density at radius 2 is 1.64 bits per heavy atom. The normalized spacial score (nSPS) is 13.3. The number of Topliss-reactive ketones (excluding diaryl/α,β-unsaturated/α-hetero) is 1. The van der Waals surface area contributed by atoms with E-state index in [0.717, 1.165) is 24.2 Å². The van der Waals surface area contributed by atoms with Crippen LogP contribution in [0.2, 0.25) is 0 Å². The molecule has 28 heavy (non-hydrogen) atoms. The Morgan fingerprint density at radius 1 is 0.964 bits per heavy atom. The van der Waals surface area contributed by atoms with Crippen molar-refractivity contribution < 1.29 is 19.4 Å². The average molecular weight is 385 g/mol. The summed E-state index contributed by atoms with van der Waals surface area (Å²) < 4.78 is 11.3. The molecule has 2 rings (SSSR count). The predicted molar refractivity (Wildman–Crippen MR) is 111 cm³/mol. The van der Waals surface area contributed by atoms with Crippen LogP contribution in [-0.2, 0) is 22.6 Å². The van der Waals surface area contributed by atoms with Crippen LogP contribution < -0.4 is 4.74 Å². The van der Waals surface area contributed by atoms with Gasteiger partial charge in [-0.1, -0.05) is 56.3 Å². The van der Waals surface area contributed by atoms with Gasteiger partial charge in [0.05, 0.1) is 25.9 Å². The van der Waals surface area contributed by atoms with Gasteiger partial charge in [-0.3, -0.25) is 4.79 Å². The van der Waals surface area contributed by atoms with Crippen LogP contribution in [0.5, 0.6) is 5.75 Å². The second-order valence-corrected chi connectivity index (χ2v) is 7.56. The molecule has 0 saturated carbocycles. The highest BCUT2D eigenvalue weighted by Crippen LogP contribution is 2.17. The molecule has 2 atom stereocenters. The minimum Gasteiger partial charge on any atom is -0.497 e. The lowest BCUT2D eigenvalue weighted by Gasteiger charge is -2.19. The topological polar surface area (TPSA) is 55.8 Å². The fraction of sp³-hybridized carbons (Fsp3) is 0.458. The molecule has 0 aliphatic rings. The van der Waals surface area contributed by atoms with Gasteiger partial charge in [0.2, 0.25) is 0 Å². The van der Waals surface area contributed by atoms with E-state index in [1.165, 1.54) is 5.56 Å². The summed E-state index contributed by atoms with van der Waals surface area (Å²) in [7, 11) is 1.64. The molecule has 0 heterocycles. The number of aryl methyl sites for hydroxylation is 1. The maximum atomic E-state index is 12.4. The van der Waals surface area contributed by atoms with Crippen molar-refractivity contribution in [3.63, 3.8) is 0 Å². The van der Waals surface area contributed by atoms with Gasteiger partial charge in [0.1, 0.15) is 11.5 Å². The number of rotatable bonds is 12. The van der Waals surface area contributed by atoms with Gasteiger partial charge in [0, 0.05) is 12.8 Å². The molecule has 2 aromatic carbocycles. The van der Waals surface area contributed by atoms with Crippen LogP contribution in [0.3, 0.4) is 0 Å². The number of ether oxygens (including phenoxy) is 2. The third-order valence-corrected chi connectivity index (χ3v) is 4.90. The van der Waals surface area contributed by atoms with Crippen molar-refractivity contribution in [2.45, 2.75) is 58.3 Å². The number of carbonyl (C=O) groups is 1. The number of methoxy groups -OCH3 is 1. The highest BCUT2D eigenvalue weighted by Gasteiger charge is 2.19. The quantitative estimate of drug-likeness (QED) is 0.582. The molecular formula is C24H32O4. The maximum Gasteiger partial charge on any atom is 0.138 e. The minimum atomic E-state index is -0.594. The monoisotopic (exact) mass is 384 g/mol. The van der Waals surface area contributed by atoms with Gasteiger partial charge < -0.3 is 14.6 Å². The number of aliphatic hydroxyl groups is 1. The summed E-state index contributed by atoms with van der Waals surface area (Å²) in [6.45, 7) is 4.29. The molecule has 0 fully saturated rings. The number of ketones is 1. The van der Waals surface area contributed by atoms with Crippen LogP contribution in [-0.4, -0.2) is 30.2 Å². The Kier molecular flexibility index (Phi) is 9.18. The Hall–Kier alpha value is -2.17. The second-order valence-electron chi connectivity index (χ2n) is 7.56. The molecule has 0 aromatic heterocycles. The number of benzene rings is 2. The first kappa shape index (κ1) is 22.1. The largest absolute Gasteiger partial charge is 0.497 e. The van der Waals surface area contributed by atoms with Gasteiger partial charge in [0.15, 0.2) is 0 Å². The minimum absolute atomic E-state index is 0.0500. The van der Waals surface area contributed by atoms with Gasteiger partial charge in [0.25, 0.3) is 0 Å². The zero-order valence-electron chi connectivity index (χ0n) is 17.1. The van der Waals surface area contributed by atoms with Crippen LogP contribution in [0.1, 0.15) is 44.2 Å². The molecule has 0 unspecified atom stereocenters. The standard InChI is InChI=1S/C24H32O4/c1-18(2)24(26)16-21(25)15-23(14-9-19-7-5-4-6-8-19)28-17-20-10-12-22(27-3)13-11-20/h4-8,10-13,18,23-24,26H,9,14-17H2,1-3H3/t23-,24-/m1/s1. The van der Waals surface area contributed by atoms with E-state index in [1.54, 1.807) is 7.11 Å². The van der Waals surface area contributed by atoms with E-state index in [9.17, 15) is 9.90 Å². The van der Waals surface area contributed by atoms with Gasteiger partial charge >= 0.3 is 0 Å². The van der Waals surface area contributed by atoms with Crippen molar-refractivity contribution in [3.05, 3.63) is 65.7 Å². The van der Waals surface area contributed by atoms with Crippen molar-refractivity contribution >= 4 is 5.78 Å². The van der Waals surface area contributed by atoms with Crippen molar-refractivity contribution in [2.75, 3.05) is 7.11 Å². The third kappa shape index (κ3) is 7.83. The number of hydrogen-bond donors (Lipinski definition) is 1. The molecule has 0 radical (unpaired) electrons. The van der Waals surface area contributed by atoms with E-state index in [-0.39, 0.29) is 24.2 Å². The highest BCUT2D eigenvalue weighted by atomic mass is 16.5. The Labute approximate surface area is 168 Å². The van der Waals surface area contributed by atoms with Crippen LogP contribution in [0, 0.1) is 5.92 Å². The summed E-state index contributed by atoms with van der Waals surface area (Å²) in [5.41, 5.74) is 2.27. The SMILES string of the molecule is COc1ccc(CO[C@H](CCc2ccccc2)CC(=O)C[C@@H](O)C(C)C)cc1. The van der Waals surface area contributed by atoms with Crippen LogP contribution in [0.25, 0.3) is 0 Å². The van der Waals surface area contributed by atoms with E-state index in [0.29, 0.717) is 13.0 Å². The first-order chi connectivity index (χ1) is 13.5. The first-order valence-electron chi connectivity index (χ1n) is 9.96. The van der Waals surface area contributed by atoms with Crippen LogP contribution >= 0.6 is 0 Å². The molecule has 1 N–H and O–H groups in total. The third-order valence-electron chi connectivity index (χ3n) is 4.90. The van der Waals surface area contributed by atoms with E-state index in [4.69, 9.17) is 9.47 Å². The zero-order valence-corrected chi connectivity index (χ0v) is 17.1. The Balaban J connectivity index is 1.94. The second kappa shape index (κ2) is 11.6. The van der Waals surface area contributed by atoms with Crippen molar-refractivity contribution in [1.82, 2.24) is 0 Å². The van der Waals surface area contributed by atoms with Gasteiger partial charge in [-0.15, -0.1) is 0 Å². The molecule has 4 heteroatoms. The first-order valence-corrected chi connectivity index (χ1v) is 9.96. The van der Waals surface area contributed by atoms with Gasteiger partial charge in [-0.25, -0.2) is 0 Å². The van der Waals surface area contributed by atoms with Crippen molar-refractivity contribution in [2.24, 2.45) is 5.92 Å². The van der Waals surface area contributed by atoms with Gasteiger partial charge in [-0.05, 0) is 42.0 Å². The summed E-state index contributed by atoms with van der Waals surface area (Å²) in [6, 6.07) is 18.0. The van der Waals surface area contributed by atoms with E-state index in [1.807, 2.05) is 56.3 Å². The molecule has 0 amide bonds. The van der Waals surface area contributed by atoms with E-state index >= 15 is 0 Å². The lowest BCUT2D eigenvalue weighted by atomic mass is 9.97. The number of hydrogen-bond acceptors (Lipinski definition) is 4. The van der Waals surface area contributed by atoms with Crippen LogP contribution in [0.15, 0.2) is 54.6 Å². The predicted octanol–water partition coefficient (Wildman–Crippen LogP) is 4.58. The smallest absolute Gasteiger partial charge is 0.138 e. The van der Waals surface area contributed by atoms with E-state index < -0.39 is 6.10 Å². The number of carbonyl (C=O) groups excluding carboxylic acids is 1. The van der Waals surface area contributed by atoms with E-state index in [2.05, 4.69) is 12.1 Å². The fourth-order valence-corrected chi connectivity index (χ4v) is 2.96. The molecular weight excluding hydrogens is 352 g/mol. The Morgan fingerprint density at radius 3 is 2.25 bits per heavy atom. The molecule has 2 aromatic rings. The summed E-state index contributed by atoms with van der Waals surface area (Å²) in [5.74, 6) is 0.933. The summed E-state index contributed by atoms with van der Waals surface area (Å²) in [6.07, 6.45) is 1.37. The molecule has 0 bridgehead atoms. The lowest BCUT2D eigenvalue weighted by Crippen LogP contribution is -2.24. The van der Waals surface area contributed by atoms with Crippen molar-refractivity contribution in [1.29, 1.82) is 0 Å².